The highest BCUT2D eigenvalue weighted by Crippen LogP contribution is 2.41. The predicted octanol–water partition coefficient (Wildman–Crippen LogP) is 3.16. The average Bonchev–Trinajstić information content (AvgIpc) is 2.53. The molecule has 4 heteroatoms. The van der Waals surface area contributed by atoms with Gasteiger partial charge in [0.15, 0.2) is 0 Å². The number of esters is 1. The molecule has 0 unspecified atom stereocenters. The summed E-state index contributed by atoms with van der Waals surface area (Å²) in [6.07, 6.45) is 6.43. The molecule has 0 aromatic heterocycles. The average molecular weight is 325 g/mol. The van der Waals surface area contributed by atoms with Gasteiger partial charge in [0.05, 0.1) is 12.5 Å². The second-order valence-electron chi connectivity index (χ2n) is 8.15. The molecule has 0 amide bonds. The molecule has 0 N–H and O–H groups in total. The van der Waals surface area contributed by atoms with E-state index in [1.807, 2.05) is 13.8 Å². The van der Waals surface area contributed by atoms with Gasteiger partial charge in [0.25, 0.3) is 0 Å². The monoisotopic (exact) mass is 324 g/mol. The van der Waals surface area contributed by atoms with Crippen LogP contribution in [0.25, 0.3) is 0 Å². The number of carbonyl (C=O) groups excluding carboxylic acids is 1. The van der Waals surface area contributed by atoms with Gasteiger partial charge >= 0.3 is 5.97 Å². The summed E-state index contributed by atoms with van der Waals surface area (Å²) in [5.41, 5.74) is 0.617. The Morgan fingerprint density at radius 2 is 1.57 bits per heavy atom. The van der Waals surface area contributed by atoms with E-state index in [1.54, 1.807) is 0 Å². The third kappa shape index (κ3) is 5.46. The summed E-state index contributed by atoms with van der Waals surface area (Å²) >= 11 is 0. The summed E-state index contributed by atoms with van der Waals surface area (Å²) in [6.45, 7) is 15.0. The molecule has 1 spiro atoms. The Kier molecular flexibility index (Phi) is 6.90. The van der Waals surface area contributed by atoms with Crippen molar-refractivity contribution in [3.05, 3.63) is 0 Å². The molecule has 0 aromatic carbocycles. The highest BCUT2D eigenvalue weighted by molar-refractivity contribution is 5.71. The Labute approximate surface area is 142 Å². The lowest BCUT2D eigenvalue weighted by molar-refractivity contribution is -0.147. The molecule has 0 aliphatic carbocycles. The van der Waals surface area contributed by atoms with Crippen LogP contribution in [0, 0.1) is 11.3 Å². The zero-order valence-corrected chi connectivity index (χ0v) is 15.6. The van der Waals surface area contributed by atoms with Crippen LogP contribution in [-0.4, -0.2) is 61.1 Å². The first-order valence-electron chi connectivity index (χ1n) is 9.55. The molecule has 134 valence electrons. The van der Waals surface area contributed by atoms with Gasteiger partial charge in [-0.1, -0.05) is 13.8 Å². The van der Waals surface area contributed by atoms with Crippen LogP contribution in [0.5, 0.6) is 0 Å². The number of carbonyl (C=O) groups is 1. The van der Waals surface area contributed by atoms with Gasteiger partial charge < -0.3 is 14.5 Å². The molecule has 4 nitrogen and oxygen atoms in total. The van der Waals surface area contributed by atoms with E-state index in [2.05, 4.69) is 23.6 Å². The lowest BCUT2D eigenvalue weighted by Crippen LogP contribution is -2.48. The highest BCUT2D eigenvalue weighted by atomic mass is 16.5. The SMILES string of the molecule is CC(C)C(=O)OCCCN1CCC2(CC1)CCN(C(C)C)CC2. The maximum absolute atomic E-state index is 11.4. The quantitative estimate of drug-likeness (QED) is 0.555. The summed E-state index contributed by atoms with van der Waals surface area (Å²) in [4.78, 5) is 16.6. The molecule has 0 atom stereocenters. The van der Waals surface area contributed by atoms with E-state index in [0.29, 0.717) is 18.1 Å². The van der Waals surface area contributed by atoms with Crippen molar-refractivity contribution in [2.45, 2.75) is 65.8 Å². The molecule has 2 fully saturated rings. The first-order chi connectivity index (χ1) is 10.9. The Hall–Kier alpha value is -0.610. The normalized spacial score (nSPS) is 22.9. The van der Waals surface area contributed by atoms with Crippen molar-refractivity contribution < 1.29 is 9.53 Å². The fourth-order valence-corrected chi connectivity index (χ4v) is 3.89. The molecule has 2 heterocycles. The van der Waals surface area contributed by atoms with Crippen LogP contribution in [-0.2, 0) is 9.53 Å². The van der Waals surface area contributed by atoms with Gasteiger partial charge in [-0.3, -0.25) is 4.79 Å². The second kappa shape index (κ2) is 8.48. The van der Waals surface area contributed by atoms with Gasteiger partial charge in [-0.05, 0) is 77.5 Å². The lowest BCUT2D eigenvalue weighted by atomic mass is 9.71. The van der Waals surface area contributed by atoms with E-state index in [-0.39, 0.29) is 11.9 Å². The van der Waals surface area contributed by atoms with Crippen molar-refractivity contribution in [2.75, 3.05) is 39.3 Å². The molecule has 0 aromatic rings. The molecule has 0 radical (unpaired) electrons. The van der Waals surface area contributed by atoms with Crippen LogP contribution < -0.4 is 0 Å². The van der Waals surface area contributed by atoms with E-state index >= 15 is 0 Å². The van der Waals surface area contributed by atoms with E-state index in [4.69, 9.17) is 4.74 Å². The zero-order valence-electron chi connectivity index (χ0n) is 15.6. The number of piperidine rings is 2. The minimum Gasteiger partial charge on any atom is -0.465 e. The first kappa shape index (κ1) is 18.7. The van der Waals surface area contributed by atoms with Crippen molar-refractivity contribution in [2.24, 2.45) is 11.3 Å². The predicted molar refractivity (Wildman–Crippen MR) is 94.5 cm³/mol. The van der Waals surface area contributed by atoms with Crippen molar-refractivity contribution in [1.29, 1.82) is 0 Å². The van der Waals surface area contributed by atoms with Crippen molar-refractivity contribution in [3.8, 4) is 0 Å². The minimum absolute atomic E-state index is 0.0125. The topological polar surface area (TPSA) is 32.8 Å². The Morgan fingerprint density at radius 3 is 2.09 bits per heavy atom. The molecule has 2 saturated heterocycles. The molecular weight excluding hydrogens is 288 g/mol. The van der Waals surface area contributed by atoms with Gasteiger partial charge in [-0.25, -0.2) is 0 Å². The summed E-state index contributed by atoms with van der Waals surface area (Å²) in [6, 6.07) is 0.695. The highest BCUT2D eigenvalue weighted by Gasteiger charge is 2.37. The van der Waals surface area contributed by atoms with E-state index in [0.717, 1.165) is 13.0 Å². The van der Waals surface area contributed by atoms with Crippen LogP contribution in [0.1, 0.15) is 59.8 Å². The van der Waals surface area contributed by atoms with Gasteiger partial charge in [0.2, 0.25) is 0 Å². The summed E-state index contributed by atoms with van der Waals surface area (Å²) < 4.78 is 5.27. The van der Waals surface area contributed by atoms with Crippen LogP contribution in [0.3, 0.4) is 0 Å². The van der Waals surface area contributed by atoms with Crippen LogP contribution >= 0.6 is 0 Å². The maximum Gasteiger partial charge on any atom is 0.308 e. The molecular formula is C19H36N2O2. The van der Waals surface area contributed by atoms with Crippen molar-refractivity contribution in [1.82, 2.24) is 9.80 Å². The van der Waals surface area contributed by atoms with E-state index in [9.17, 15) is 4.79 Å². The Balaban J connectivity index is 1.62. The van der Waals surface area contributed by atoms with Gasteiger partial charge in [-0.2, -0.15) is 0 Å². The van der Waals surface area contributed by atoms with E-state index in [1.165, 1.54) is 51.9 Å². The molecule has 23 heavy (non-hydrogen) atoms. The third-order valence-electron chi connectivity index (χ3n) is 5.84. The fraction of sp³-hybridized carbons (Fsp3) is 0.947. The van der Waals surface area contributed by atoms with Crippen LogP contribution in [0.2, 0.25) is 0 Å². The molecule has 2 aliphatic rings. The van der Waals surface area contributed by atoms with Gasteiger partial charge in [-0.15, -0.1) is 0 Å². The molecule has 2 rings (SSSR count). The van der Waals surface area contributed by atoms with E-state index < -0.39 is 0 Å². The summed E-state index contributed by atoms with van der Waals surface area (Å²) in [7, 11) is 0. The number of nitrogens with zero attached hydrogens (tertiary/aromatic N) is 2. The maximum atomic E-state index is 11.4. The van der Waals surface area contributed by atoms with Crippen molar-refractivity contribution >= 4 is 5.97 Å². The lowest BCUT2D eigenvalue weighted by Gasteiger charge is -2.47. The number of rotatable bonds is 6. The Bertz CT molecular complexity index is 364. The third-order valence-corrected chi connectivity index (χ3v) is 5.84. The largest absolute Gasteiger partial charge is 0.465 e. The summed E-state index contributed by atoms with van der Waals surface area (Å²) in [5.74, 6) is -0.0824. The smallest absolute Gasteiger partial charge is 0.308 e. The Morgan fingerprint density at radius 1 is 1.00 bits per heavy atom. The fourth-order valence-electron chi connectivity index (χ4n) is 3.89. The first-order valence-corrected chi connectivity index (χ1v) is 9.55. The van der Waals surface area contributed by atoms with Gasteiger partial charge in [0, 0.05) is 12.6 Å². The number of likely N-dealkylation sites (tertiary alicyclic amines) is 2. The van der Waals surface area contributed by atoms with Crippen LogP contribution in [0.15, 0.2) is 0 Å². The van der Waals surface area contributed by atoms with Crippen molar-refractivity contribution in [3.63, 3.8) is 0 Å². The number of ether oxygens (including phenoxy) is 1. The minimum atomic E-state index is -0.0699. The second-order valence-corrected chi connectivity index (χ2v) is 8.15. The number of hydrogen-bond donors (Lipinski definition) is 0. The zero-order chi connectivity index (χ0) is 16.9. The van der Waals surface area contributed by atoms with Gasteiger partial charge in [0.1, 0.15) is 0 Å². The molecule has 2 aliphatic heterocycles. The standard InChI is InChI=1S/C19H36N2O2/c1-16(2)18(22)23-15-5-10-20-11-6-19(7-12-20)8-13-21(14-9-19)17(3)4/h16-17H,5-15H2,1-4H3. The molecule has 0 bridgehead atoms. The molecule has 0 saturated carbocycles. The number of hydrogen-bond acceptors (Lipinski definition) is 4. The van der Waals surface area contributed by atoms with Crippen LogP contribution in [0.4, 0.5) is 0 Å². The summed E-state index contributed by atoms with van der Waals surface area (Å²) in [5, 5.41) is 0.